The SMILES string of the molecule is CC(C)(CCSc1nc(N)cc(N)n1)C(=O)O. The van der Waals surface area contributed by atoms with Gasteiger partial charge in [-0.25, -0.2) is 9.97 Å². The van der Waals surface area contributed by atoms with Crippen molar-refractivity contribution in [2.75, 3.05) is 17.2 Å². The normalized spacial score (nSPS) is 11.4. The molecule has 0 saturated heterocycles. The highest BCUT2D eigenvalue weighted by Gasteiger charge is 2.26. The summed E-state index contributed by atoms with van der Waals surface area (Å²) in [6.07, 6.45) is 0.519. The predicted molar refractivity (Wildman–Crippen MR) is 67.6 cm³/mol. The quantitative estimate of drug-likeness (QED) is 0.536. The number of carboxylic acids is 1. The smallest absolute Gasteiger partial charge is 0.309 e. The summed E-state index contributed by atoms with van der Waals surface area (Å²) in [7, 11) is 0. The number of hydrogen-bond donors (Lipinski definition) is 3. The Balaban J connectivity index is 2.54. The van der Waals surface area contributed by atoms with E-state index in [0.717, 1.165) is 0 Å². The lowest BCUT2D eigenvalue weighted by Crippen LogP contribution is -2.24. The molecule has 0 saturated carbocycles. The maximum Gasteiger partial charge on any atom is 0.309 e. The topological polar surface area (TPSA) is 115 Å². The molecule has 5 N–H and O–H groups in total. The highest BCUT2D eigenvalue weighted by atomic mass is 32.2. The molecule has 94 valence electrons. The van der Waals surface area contributed by atoms with Gasteiger partial charge in [0.05, 0.1) is 5.41 Å². The lowest BCUT2D eigenvalue weighted by molar-refractivity contribution is -0.146. The molecule has 0 aliphatic heterocycles. The summed E-state index contributed by atoms with van der Waals surface area (Å²) in [5.41, 5.74) is 10.3. The Morgan fingerprint density at radius 3 is 2.41 bits per heavy atom. The van der Waals surface area contributed by atoms with Crippen LogP contribution in [0.15, 0.2) is 11.2 Å². The average molecular weight is 256 g/mol. The largest absolute Gasteiger partial charge is 0.481 e. The number of rotatable bonds is 5. The van der Waals surface area contributed by atoms with Crippen LogP contribution in [-0.4, -0.2) is 26.8 Å². The number of nitrogens with two attached hydrogens (primary N) is 2. The summed E-state index contributed by atoms with van der Waals surface area (Å²) in [6.45, 7) is 3.37. The van der Waals surface area contributed by atoms with Gasteiger partial charge in [0.2, 0.25) is 0 Å². The molecular weight excluding hydrogens is 240 g/mol. The molecule has 17 heavy (non-hydrogen) atoms. The van der Waals surface area contributed by atoms with Crippen molar-refractivity contribution in [2.24, 2.45) is 5.41 Å². The van der Waals surface area contributed by atoms with E-state index in [1.54, 1.807) is 13.8 Å². The van der Waals surface area contributed by atoms with E-state index in [1.807, 2.05) is 0 Å². The molecule has 1 rings (SSSR count). The van der Waals surface area contributed by atoms with E-state index in [2.05, 4.69) is 9.97 Å². The van der Waals surface area contributed by atoms with Gasteiger partial charge in [-0.15, -0.1) is 0 Å². The zero-order valence-corrected chi connectivity index (χ0v) is 10.6. The predicted octanol–water partition coefficient (Wildman–Crippen LogP) is 1.23. The third-order valence-corrected chi connectivity index (χ3v) is 3.13. The van der Waals surface area contributed by atoms with Gasteiger partial charge >= 0.3 is 5.97 Å². The molecule has 0 aliphatic rings. The summed E-state index contributed by atoms with van der Waals surface area (Å²) >= 11 is 1.35. The first kappa shape index (κ1) is 13.6. The Morgan fingerprint density at radius 2 is 1.94 bits per heavy atom. The van der Waals surface area contributed by atoms with Crippen LogP contribution in [0.2, 0.25) is 0 Å². The minimum absolute atomic E-state index is 0.317. The average Bonchev–Trinajstić information content (AvgIpc) is 2.15. The number of nitrogens with zero attached hydrogens (tertiary/aromatic N) is 2. The van der Waals surface area contributed by atoms with E-state index in [1.165, 1.54) is 17.8 Å². The number of hydrogen-bond acceptors (Lipinski definition) is 6. The van der Waals surface area contributed by atoms with Crippen LogP contribution in [0.1, 0.15) is 20.3 Å². The molecule has 7 heteroatoms. The van der Waals surface area contributed by atoms with Gasteiger partial charge in [-0.1, -0.05) is 11.8 Å². The van der Waals surface area contributed by atoms with Gasteiger partial charge in [0, 0.05) is 11.8 Å². The Kier molecular flexibility index (Phi) is 4.17. The molecule has 0 atom stereocenters. The van der Waals surface area contributed by atoms with Crippen molar-refractivity contribution in [1.29, 1.82) is 0 Å². The van der Waals surface area contributed by atoms with Crippen LogP contribution in [-0.2, 0) is 4.79 Å². The van der Waals surface area contributed by atoms with Gasteiger partial charge in [0.25, 0.3) is 0 Å². The molecule has 0 fully saturated rings. The molecule has 0 radical (unpaired) electrons. The van der Waals surface area contributed by atoms with E-state index in [0.29, 0.717) is 29.0 Å². The standard InChI is InChI=1S/C10H16N4O2S/c1-10(2,8(15)16)3-4-17-9-13-6(11)5-7(12)14-9/h5H,3-4H2,1-2H3,(H,15,16)(H4,11,12,13,14). The molecule has 0 aromatic carbocycles. The van der Waals surface area contributed by atoms with Crippen molar-refractivity contribution in [2.45, 2.75) is 25.4 Å². The van der Waals surface area contributed by atoms with Crippen molar-refractivity contribution >= 4 is 29.4 Å². The second-order valence-electron chi connectivity index (χ2n) is 4.29. The summed E-state index contributed by atoms with van der Waals surface area (Å²) in [5, 5.41) is 9.42. The lowest BCUT2D eigenvalue weighted by atomic mass is 9.91. The highest BCUT2D eigenvalue weighted by molar-refractivity contribution is 7.99. The summed E-state index contributed by atoms with van der Waals surface area (Å²) in [5.74, 6) is 0.420. The first-order valence-corrected chi connectivity index (χ1v) is 6.06. The van der Waals surface area contributed by atoms with E-state index < -0.39 is 11.4 Å². The van der Waals surface area contributed by atoms with Crippen LogP contribution < -0.4 is 11.5 Å². The number of carboxylic acid groups (broad SMARTS) is 1. The van der Waals surface area contributed by atoms with E-state index in [-0.39, 0.29) is 0 Å². The first-order valence-electron chi connectivity index (χ1n) is 5.07. The number of nitrogen functional groups attached to an aromatic ring is 2. The van der Waals surface area contributed by atoms with Crippen LogP contribution >= 0.6 is 11.8 Å². The number of thioether (sulfide) groups is 1. The zero-order valence-electron chi connectivity index (χ0n) is 9.80. The molecule has 0 amide bonds. The van der Waals surface area contributed by atoms with Crippen LogP contribution in [0.5, 0.6) is 0 Å². The molecular formula is C10H16N4O2S. The van der Waals surface area contributed by atoms with Crippen molar-refractivity contribution in [1.82, 2.24) is 9.97 Å². The minimum Gasteiger partial charge on any atom is -0.481 e. The van der Waals surface area contributed by atoms with Gasteiger partial charge in [0.15, 0.2) is 5.16 Å². The maximum absolute atomic E-state index is 10.9. The third kappa shape index (κ3) is 4.10. The number of aliphatic carboxylic acids is 1. The van der Waals surface area contributed by atoms with Crippen molar-refractivity contribution < 1.29 is 9.90 Å². The highest BCUT2D eigenvalue weighted by Crippen LogP contribution is 2.25. The Morgan fingerprint density at radius 1 is 1.41 bits per heavy atom. The molecule has 0 unspecified atom stereocenters. The lowest BCUT2D eigenvalue weighted by Gasteiger charge is -2.17. The van der Waals surface area contributed by atoms with Gasteiger partial charge in [-0.05, 0) is 20.3 Å². The van der Waals surface area contributed by atoms with Gasteiger partial charge in [0.1, 0.15) is 11.6 Å². The van der Waals surface area contributed by atoms with Gasteiger partial charge in [-0.3, -0.25) is 4.79 Å². The van der Waals surface area contributed by atoms with Gasteiger partial charge in [-0.2, -0.15) is 0 Å². The Hall–Kier alpha value is -1.50. The molecule has 0 aliphatic carbocycles. The number of aromatic nitrogens is 2. The molecule has 6 nitrogen and oxygen atoms in total. The first-order chi connectivity index (χ1) is 7.81. The maximum atomic E-state index is 10.9. The monoisotopic (exact) mass is 256 g/mol. The third-order valence-electron chi connectivity index (χ3n) is 2.28. The van der Waals surface area contributed by atoms with Gasteiger partial charge < -0.3 is 16.6 Å². The second-order valence-corrected chi connectivity index (χ2v) is 5.35. The van der Waals surface area contributed by atoms with Crippen molar-refractivity contribution in [3.8, 4) is 0 Å². The molecule has 1 aromatic heterocycles. The van der Waals surface area contributed by atoms with E-state index in [9.17, 15) is 4.79 Å². The fraction of sp³-hybridized carbons (Fsp3) is 0.500. The van der Waals surface area contributed by atoms with Crippen LogP contribution in [0.4, 0.5) is 11.6 Å². The fourth-order valence-electron chi connectivity index (χ4n) is 1.03. The number of anilines is 2. The summed E-state index contributed by atoms with van der Waals surface area (Å²) in [4.78, 5) is 18.9. The van der Waals surface area contributed by atoms with Crippen LogP contribution in [0, 0.1) is 5.41 Å². The zero-order chi connectivity index (χ0) is 13.1. The van der Waals surface area contributed by atoms with E-state index >= 15 is 0 Å². The van der Waals surface area contributed by atoms with Crippen LogP contribution in [0.25, 0.3) is 0 Å². The fourth-order valence-corrected chi connectivity index (χ4v) is 2.17. The van der Waals surface area contributed by atoms with E-state index in [4.69, 9.17) is 16.6 Å². The van der Waals surface area contributed by atoms with Crippen molar-refractivity contribution in [3.05, 3.63) is 6.07 Å². The second kappa shape index (κ2) is 5.22. The minimum atomic E-state index is -0.814. The molecule has 0 bridgehead atoms. The number of carbonyl (C=O) groups is 1. The molecule has 0 spiro atoms. The Bertz CT molecular complexity index is 403. The molecule has 1 heterocycles. The summed E-state index contributed by atoms with van der Waals surface area (Å²) in [6, 6.07) is 1.48. The molecule has 1 aromatic rings. The summed E-state index contributed by atoms with van der Waals surface area (Å²) < 4.78 is 0. The Labute approximate surface area is 104 Å². The van der Waals surface area contributed by atoms with Crippen LogP contribution in [0.3, 0.4) is 0 Å². The van der Waals surface area contributed by atoms with Crippen molar-refractivity contribution in [3.63, 3.8) is 0 Å².